The van der Waals surface area contributed by atoms with Crippen LogP contribution >= 0.6 is 11.8 Å². The predicted octanol–water partition coefficient (Wildman–Crippen LogP) is 0.258. The topological polar surface area (TPSA) is 107 Å². The first-order chi connectivity index (χ1) is 7.52. The van der Waals surface area contributed by atoms with Gasteiger partial charge in [-0.05, 0) is 13.8 Å². The Morgan fingerprint density at radius 3 is 2.56 bits per heavy atom. The van der Waals surface area contributed by atoms with Crippen molar-refractivity contribution in [2.24, 2.45) is 0 Å². The van der Waals surface area contributed by atoms with E-state index in [0.717, 1.165) is 0 Å². The van der Waals surface area contributed by atoms with Crippen molar-refractivity contribution in [1.82, 2.24) is 15.3 Å². The van der Waals surface area contributed by atoms with E-state index in [4.69, 9.17) is 11.5 Å². The molecule has 16 heavy (non-hydrogen) atoms. The number of nitrogens with one attached hydrogen (secondary N) is 1. The van der Waals surface area contributed by atoms with E-state index in [1.165, 1.54) is 17.8 Å². The summed E-state index contributed by atoms with van der Waals surface area (Å²) in [5.41, 5.74) is 11.0. The summed E-state index contributed by atoms with van der Waals surface area (Å²) in [5.74, 6) is 0.549. The molecule has 1 aromatic rings. The Balaban J connectivity index is 2.69. The fourth-order valence-corrected chi connectivity index (χ4v) is 1.87. The molecule has 1 unspecified atom stereocenters. The lowest BCUT2D eigenvalue weighted by atomic mass is 10.4. The van der Waals surface area contributed by atoms with Crippen molar-refractivity contribution >= 4 is 29.3 Å². The summed E-state index contributed by atoms with van der Waals surface area (Å²) in [4.78, 5) is 19.4. The van der Waals surface area contributed by atoms with E-state index >= 15 is 0 Å². The van der Waals surface area contributed by atoms with Gasteiger partial charge in [0.2, 0.25) is 5.91 Å². The van der Waals surface area contributed by atoms with Gasteiger partial charge in [0, 0.05) is 12.6 Å². The molecule has 1 atom stereocenters. The van der Waals surface area contributed by atoms with Crippen molar-refractivity contribution in [2.75, 3.05) is 18.0 Å². The Labute approximate surface area is 98.2 Å². The number of anilines is 2. The van der Waals surface area contributed by atoms with Gasteiger partial charge in [-0.25, -0.2) is 9.97 Å². The molecule has 0 saturated heterocycles. The molecule has 6 nitrogen and oxygen atoms in total. The smallest absolute Gasteiger partial charge is 0.233 e. The number of hydrogen-bond acceptors (Lipinski definition) is 6. The molecule has 0 fully saturated rings. The molecule has 1 rings (SSSR count). The van der Waals surface area contributed by atoms with Crippen molar-refractivity contribution in [3.05, 3.63) is 6.07 Å². The number of amides is 1. The number of nitrogen functional groups attached to an aromatic ring is 2. The number of thioether (sulfide) groups is 1. The summed E-state index contributed by atoms with van der Waals surface area (Å²) in [5, 5.41) is 2.85. The number of nitrogens with zero attached hydrogens (tertiary/aromatic N) is 2. The number of carbonyl (C=O) groups excluding carboxylic acids is 1. The SMILES string of the molecule is CCNC(=O)C(C)Sc1nc(N)cc(N)n1. The van der Waals surface area contributed by atoms with Gasteiger partial charge in [0.1, 0.15) is 11.6 Å². The fourth-order valence-electron chi connectivity index (χ4n) is 1.04. The van der Waals surface area contributed by atoms with Gasteiger partial charge in [0.15, 0.2) is 5.16 Å². The Kier molecular flexibility index (Phi) is 4.36. The lowest BCUT2D eigenvalue weighted by Gasteiger charge is -2.09. The molecule has 0 bridgehead atoms. The lowest BCUT2D eigenvalue weighted by Crippen LogP contribution is -2.30. The van der Waals surface area contributed by atoms with Crippen LogP contribution in [-0.4, -0.2) is 27.7 Å². The van der Waals surface area contributed by atoms with Crippen molar-refractivity contribution in [3.63, 3.8) is 0 Å². The van der Waals surface area contributed by atoms with Gasteiger partial charge in [-0.15, -0.1) is 0 Å². The number of carbonyl (C=O) groups is 1. The van der Waals surface area contributed by atoms with E-state index in [2.05, 4.69) is 15.3 Å². The Morgan fingerprint density at radius 1 is 1.50 bits per heavy atom. The summed E-state index contributed by atoms with van der Waals surface area (Å²) in [6.07, 6.45) is 0. The molecule has 0 aliphatic heterocycles. The van der Waals surface area contributed by atoms with Crippen LogP contribution in [0.15, 0.2) is 11.2 Å². The lowest BCUT2D eigenvalue weighted by molar-refractivity contribution is -0.120. The molecule has 0 aromatic carbocycles. The molecule has 1 aromatic heterocycles. The molecule has 5 N–H and O–H groups in total. The largest absolute Gasteiger partial charge is 0.383 e. The third kappa shape index (κ3) is 3.58. The molecule has 7 heteroatoms. The second-order valence-corrected chi connectivity index (χ2v) is 4.46. The monoisotopic (exact) mass is 241 g/mol. The quantitative estimate of drug-likeness (QED) is 0.515. The third-order valence-corrected chi connectivity index (χ3v) is 2.71. The molecule has 88 valence electrons. The number of rotatable bonds is 4. The van der Waals surface area contributed by atoms with Gasteiger partial charge in [0.05, 0.1) is 5.25 Å². The summed E-state index contributed by atoms with van der Waals surface area (Å²) >= 11 is 1.23. The Hall–Kier alpha value is -1.50. The average Bonchev–Trinajstić information content (AvgIpc) is 2.16. The fraction of sp³-hybridized carbons (Fsp3) is 0.444. The maximum atomic E-state index is 11.5. The van der Waals surface area contributed by atoms with E-state index in [0.29, 0.717) is 23.3 Å². The van der Waals surface area contributed by atoms with Gasteiger partial charge in [0.25, 0.3) is 0 Å². The minimum Gasteiger partial charge on any atom is -0.383 e. The normalized spacial score (nSPS) is 12.1. The highest BCUT2D eigenvalue weighted by atomic mass is 32.2. The molecule has 0 aliphatic carbocycles. The molecule has 1 amide bonds. The number of hydrogen-bond donors (Lipinski definition) is 3. The van der Waals surface area contributed by atoms with E-state index < -0.39 is 0 Å². The second-order valence-electron chi connectivity index (χ2n) is 3.15. The molecule has 0 spiro atoms. The van der Waals surface area contributed by atoms with Crippen LogP contribution in [0.5, 0.6) is 0 Å². The maximum absolute atomic E-state index is 11.5. The summed E-state index contributed by atoms with van der Waals surface area (Å²) in [6, 6.07) is 1.47. The highest BCUT2D eigenvalue weighted by molar-refractivity contribution is 8.00. The minimum atomic E-state index is -0.277. The zero-order valence-electron chi connectivity index (χ0n) is 9.23. The van der Waals surface area contributed by atoms with Crippen molar-refractivity contribution in [2.45, 2.75) is 24.3 Å². The molecular weight excluding hydrogens is 226 g/mol. The number of aromatic nitrogens is 2. The van der Waals surface area contributed by atoms with E-state index in [1.54, 1.807) is 6.92 Å². The predicted molar refractivity (Wildman–Crippen MR) is 64.9 cm³/mol. The molecule has 1 heterocycles. The first-order valence-corrected chi connectivity index (χ1v) is 5.75. The molecule has 0 aliphatic rings. The Bertz CT molecular complexity index is 364. The van der Waals surface area contributed by atoms with Crippen LogP contribution in [0.2, 0.25) is 0 Å². The van der Waals surface area contributed by atoms with Crippen LogP contribution < -0.4 is 16.8 Å². The van der Waals surface area contributed by atoms with Gasteiger partial charge in [-0.1, -0.05) is 11.8 Å². The highest BCUT2D eigenvalue weighted by Crippen LogP contribution is 2.21. The van der Waals surface area contributed by atoms with Crippen molar-refractivity contribution in [3.8, 4) is 0 Å². The van der Waals surface area contributed by atoms with E-state index in [-0.39, 0.29) is 11.2 Å². The minimum absolute atomic E-state index is 0.0582. The summed E-state index contributed by atoms with van der Waals surface area (Å²) < 4.78 is 0. The van der Waals surface area contributed by atoms with Crippen LogP contribution in [0.4, 0.5) is 11.6 Å². The van der Waals surface area contributed by atoms with Crippen LogP contribution in [0.1, 0.15) is 13.8 Å². The average molecular weight is 241 g/mol. The number of nitrogens with two attached hydrogens (primary N) is 2. The van der Waals surface area contributed by atoms with Crippen LogP contribution in [0, 0.1) is 0 Å². The summed E-state index contributed by atoms with van der Waals surface area (Å²) in [7, 11) is 0. The second kappa shape index (κ2) is 5.55. The van der Waals surface area contributed by atoms with Crippen molar-refractivity contribution in [1.29, 1.82) is 0 Å². The first kappa shape index (κ1) is 12.6. The highest BCUT2D eigenvalue weighted by Gasteiger charge is 2.15. The third-order valence-electron chi connectivity index (χ3n) is 1.75. The van der Waals surface area contributed by atoms with Crippen molar-refractivity contribution < 1.29 is 4.79 Å². The maximum Gasteiger partial charge on any atom is 0.233 e. The van der Waals surface area contributed by atoms with Gasteiger partial charge in [-0.2, -0.15) is 0 Å². The standard InChI is InChI=1S/C9H15N5OS/c1-3-12-8(15)5(2)16-9-13-6(10)4-7(11)14-9/h4-5H,3H2,1-2H3,(H,12,15)(H4,10,11,13,14). The van der Waals surface area contributed by atoms with Gasteiger partial charge in [-0.3, -0.25) is 4.79 Å². The first-order valence-electron chi connectivity index (χ1n) is 4.87. The van der Waals surface area contributed by atoms with E-state index in [9.17, 15) is 4.79 Å². The zero-order valence-corrected chi connectivity index (χ0v) is 10.0. The van der Waals surface area contributed by atoms with Gasteiger partial charge < -0.3 is 16.8 Å². The molecule has 0 saturated carbocycles. The summed E-state index contributed by atoms with van der Waals surface area (Å²) in [6.45, 7) is 4.24. The van der Waals surface area contributed by atoms with Crippen LogP contribution in [0.3, 0.4) is 0 Å². The van der Waals surface area contributed by atoms with Crippen LogP contribution in [-0.2, 0) is 4.79 Å². The van der Waals surface area contributed by atoms with Crippen LogP contribution in [0.25, 0.3) is 0 Å². The zero-order chi connectivity index (χ0) is 12.1. The van der Waals surface area contributed by atoms with Gasteiger partial charge >= 0.3 is 0 Å². The van der Waals surface area contributed by atoms with E-state index in [1.807, 2.05) is 6.92 Å². The molecule has 0 radical (unpaired) electrons. The Morgan fingerprint density at radius 2 is 2.06 bits per heavy atom. The molecular formula is C9H15N5OS.